The minimum absolute atomic E-state index is 0.0182. The summed E-state index contributed by atoms with van der Waals surface area (Å²) in [4.78, 5) is 35.7. The fraction of sp³-hybridized carbons (Fsp3) is 0.115. The van der Waals surface area contributed by atoms with E-state index in [9.17, 15) is 10.1 Å². The van der Waals surface area contributed by atoms with Gasteiger partial charge in [0, 0.05) is 5.56 Å². The van der Waals surface area contributed by atoms with Crippen LogP contribution < -0.4 is 21.3 Å². The summed E-state index contributed by atoms with van der Waals surface area (Å²) >= 11 is 0. The summed E-state index contributed by atoms with van der Waals surface area (Å²) in [5, 5.41) is 13.0. The Bertz CT molecular complexity index is 1710. The second-order valence-corrected chi connectivity index (χ2v) is 8.06. The molecule has 3 heterocycles. The minimum Gasteiger partial charge on any atom is -0.480 e. The quantitative estimate of drug-likeness (QED) is 0.361. The normalized spacial score (nSPS) is 11.6. The van der Waals surface area contributed by atoms with Gasteiger partial charge >= 0.3 is 0 Å². The van der Waals surface area contributed by atoms with Gasteiger partial charge in [0.15, 0.2) is 0 Å². The summed E-state index contributed by atoms with van der Waals surface area (Å²) in [6.45, 7) is 1.82. The van der Waals surface area contributed by atoms with Crippen LogP contribution >= 0.6 is 0 Å². The smallest absolute Gasteiger partial charge is 0.266 e. The molecule has 0 fully saturated rings. The van der Waals surface area contributed by atoms with Crippen molar-refractivity contribution in [2.45, 2.75) is 13.0 Å². The highest BCUT2D eigenvalue weighted by Gasteiger charge is 2.22. The summed E-state index contributed by atoms with van der Waals surface area (Å²) in [7, 11) is 1.50. The molecule has 182 valence electrons. The van der Waals surface area contributed by atoms with Crippen molar-refractivity contribution in [2.75, 3.05) is 18.2 Å². The number of aromatic nitrogens is 6. The minimum atomic E-state index is -0.543. The van der Waals surface area contributed by atoms with E-state index in [2.05, 4.69) is 25.3 Å². The summed E-state index contributed by atoms with van der Waals surface area (Å²) in [6, 6.07) is 16.1. The molecule has 0 spiro atoms. The largest absolute Gasteiger partial charge is 0.480 e. The Morgan fingerprint density at radius 1 is 1.05 bits per heavy atom. The lowest BCUT2D eigenvalue weighted by Crippen LogP contribution is -2.28. The summed E-state index contributed by atoms with van der Waals surface area (Å²) < 4.78 is 6.76. The fourth-order valence-electron chi connectivity index (χ4n) is 4.01. The zero-order valence-corrected chi connectivity index (χ0v) is 20.0. The molecule has 0 aliphatic carbocycles. The van der Waals surface area contributed by atoms with Gasteiger partial charge in [0.2, 0.25) is 11.8 Å². The van der Waals surface area contributed by atoms with Crippen LogP contribution in [0, 0.1) is 11.3 Å². The van der Waals surface area contributed by atoms with Crippen molar-refractivity contribution in [3.8, 4) is 28.9 Å². The number of nitrogens with two attached hydrogens (primary N) is 1. The Morgan fingerprint density at radius 2 is 1.86 bits per heavy atom. The molecule has 11 heteroatoms. The number of hydrogen-bond acceptors (Lipinski definition) is 10. The maximum atomic E-state index is 14.2. The van der Waals surface area contributed by atoms with Gasteiger partial charge in [-0.05, 0) is 25.1 Å². The number of hydrogen-bond donors (Lipinski definition) is 2. The average Bonchev–Trinajstić information content (AvgIpc) is 2.93. The van der Waals surface area contributed by atoms with Gasteiger partial charge in [-0.1, -0.05) is 30.3 Å². The first-order chi connectivity index (χ1) is 18.0. The Balaban J connectivity index is 1.74. The van der Waals surface area contributed by atoms with Gasteiger partial charge in [-0.25, -0.2) is 15.0 Å². The molecule has 2 aromatic carbocycles. The number of nitrogens with one attached hydrogen (secondary N) is 1. The van der Waals surface area contributed by atoms with Crippen molar-refractivity contribution in [3.05, 3.63) is 88.9 Å². The molecule has 0 aliphatic rings. The van der Waals surface area contributed by atoms with Crippen LogP contribution in [0.3, 0.4) is 0 Å². The van der Waals surface area contributed by atoms with Crippen molar-refractivity contribution >= 4 is 22.7 Å². The number of nitrogens with zero attached hydrogens (tertiary/aromatic N) is 7. The molecular formula is C26H21N9O2. The van der Waals surface area contributed by atoms with Crippen molar-refractivity contribution in [1.82, 2.24) is 29.5 Å². The number of anilines is 2. The van der Waals surface area contributed by atoms with E-state index < -0.39 is 6.04 Å². The summed E-state index contributed by atoms with van der Waals surface area (Å²) in [5.41, 5.74) is 7.84. The van der Waals surface area contributed by atoms with E-state index in [-0.39, 0.29) is 22.9 Å². The highest BCUT2D eigenvalue weighted by molar-refractivity contribution is 5.93. The zero-order valence-electron chi connectivity index (χ0n) is 20.0. The van der Waals surface area contributed by atoms with Crippen LogP contribution in [0.5, 0.6) is 5.88 Å². The molecule has 0 aliphatic heterocycles. The number of para-hydroxylation sites is 1. The van der Waals surface area contributed by atoms with Crippen LogP contribution in [-0.2, 0) is 0 Å². The molecule has 0 saturated carbocycles. The van der Waals surface area contributed by atoms with Gasteiger partial charge in [-0.2, -0.15) is 10.2 Å². The van der Waals surface area contributed by atoms with Crippen LogP contribution in [-0.4, -0.2) is 36.6 Å². The van der Waals surface area contributed by atoms with Gasteiger partial charge in [0.05, 0.1) is 54.0 Å². The molecule has 3 N–H and O–H groups in total. The van der Waals surface area contributed by atoms with E-state index in [1.165, 1.54) is 24.1 Å². The third-order valence-corrected chi connectivity index (χ3v) is 5.70. The molecule has 0 unspecified atom stereocenters. The molecule has 3 aromatic heterocycles. The summed E-state index contributed by atoms with van der Waals surface area (Å²) in [6.07, 6.45) is 4.41. The molecule has 0 radical (unpaired) electrons. The number of nitriles is 1. The van der Waals surface area contributed by atoms with Crippen molar-refractivity contribution < 1.29 is 4.74 Å². The Labute approximate surface area is 211 Å². The predicted octanol–water partition coefficient (Wildman–Crippen LogP) is 3.27. The Kier molecular flexibility index (Phi) is 6.13. The molecule has 5 aromatic rings. The van der Waals surface area contributed by atoms with Crippen LogP contribution in [0.4, 0.5) is 11.8 Å². The first-order valence-electron chi connectivity index (χ1n) is 11.3. The van der Waals surface area contributed by atoms with E-state index in [1.54, 1.807) is 24.4 Å². The maximum absolute atomic E-state index is 14.2. The second-order valence-electron chi connectivity index (χ2n) is 8.06. The first-order valence-corrected chi connectivity index (χ1v) is 11.3. The molecule has 0 saturated heterocycles. The SMILES string of the molecule is COc1cncc(-c2cccc3nc([C@H](C)Nc4nc(N)ncc4C#N)n(-c4ccccc4)c(=O)c23)n1. The number of methoxy groups -OCH3 is 1. The molecule has 5 rings (SSSR count). The number of rotatable bonds is 6. The van der Waals surface area contributed by atoms with E-state index in [0.717, 1.165) is 0 Å². The molecule has 1 atom stereocenters. The molecule has 37 heavy (non-hydrogen) atoms. The van der Waals surface area contributed by atoms with Crippen molar-refractivity contribution in [3.63, 3.8) is 0 Å². The molecule has 0 bridgehead atoms. The third kappa shape index (κ3) is 4.39. The van der Waals surface area contributed by atoms with Gasteiger partial charge in [-0.3, -0.25) is 14.3 Å². The molecule has 0 amide bonds. The standard InChI is InChI=1S/C26H21N9O2/c1-15(31-23-16(11-27)12-30-26(28)34-23)24-33-19-10-6-9-18(20-13-29-14-21(32-20)37-2)22(19)25(36)35(24)17-7-4-3-5-8-17/h3-10,12-15H,1-2H3,(H3,28,30,31,34)/t15-/m0/s1. The topological polar surface area (TPSA) is 158 Å². The van der Waals surface area contributed by atoms with E-state index in [0.29, 0.717) is 39.6 Å². The van der Waals surface area contributed by atoms with Gasteiger partial charge < -0.3 is 15.8 Å². The van der Waals surface area contributed by atoms with Gasteiger partial charge in [0.25, 0.3) is 5.56 Å². The highest BCUT2D eigenvalue weighted by Crippen LogP contribution is 2.28. The van der Waals surface area contributed by atoms with Crippen LogP contribution in [0.25, 0.3) is 27.8 Å². The monoisotopic (exact) mass is 491 g/mol. The lowest BCUT2D eigenvalue weighted by atomic mass is 10.1. The van der Waals surface area contributed by atoms with E-state index in [1.807, 2.05) is 43.3 Å². The maximum Gasteiger partial charge on any atom is 0.266 e. The van der Waals surface area contributed by atoms with Gasteiger partial charge in [-0.15, -0.1) is 0 Å². The van der Waals surface area contributed by atoms with Gasteiger partial charge in [0.1, 0.15) is 23.3 Å². The lowest BCUT2D eigenvalue weighted by molar-refractivity contribution is 0.396. The van der Waals surface area contributed by atoms with Crippen LogP contribution in [0.15, 0.2) is 71.9 Å². The second kappa shape index (κ2) is 9.71. The predicted molar refractivity (Wildman–Crippen MR) is 138 cm³/mol. The zero-order chi connectivity index (χ0) is 25.9. The van der Waals surface area contributed by atoms with Crippen LogP contribution in [0.1, 0.15) is 24.4 Å². The summed E-state index contributed by atoms with van der Waals surface area (Å²) in [5.74, 6) is 1.01. The van der Waals surface area contributed by atoms with E-state index in [4.69, 9.17) is 15.5 Å². The number of benzene rings is 2. The van der Waals surface area contributed by atoms with Crippen LogP contribution in [0.2, 0.25) is 0 Å². The fourth-order valence-corrected chi connectivity index (χ4v) is 4.01. The highest BCUT2D eigenvalue weighted by atomic mass is 16.5. The molecular weight excluding hydrogens is 470 g/mol. The number of ether oxygens (including phenoxy) is 1. The lowest BCUT2D eigenvalue weighted by Gasteiger charge is -2.21. The molecule has 11 nitrogen and oxygen atoms in total. The average molecular weight is 492 g/mol. The number of nitrogen functional groups attached to an aromatic ring is 1. The van der Waals surface area contributed by atoms with Crippen molar-refractivity contribution in [2.24, 2.45) is 0 Å². The Morgan fingerprint density at radius 3 is 2.62 bits per heavy atom. The Hall–Kier alpha value is -5.37. The third-order valence-electron chi connectivity index (χ3n) is 5.70. The number of fused-ring (bicyclic) bond motifs is 1. The van der Waals surface area contributed by atoms with Crippen molar-refractivity contribution in [1.29, 1.82) is 5.26 Å². The first kappa shape index (κ1) is 23.4. The van der Waals surface area contributed by atoms with E-state index >= 15 is 0 Å².